The predicted octanol–water partition coefficient (Wildman–Crippen LogP) is 3.12. The van der Waals surface area contributed by atoms with E-state index in [0.717, 1.165) is 39.8 Å². The number of benzene rings is 1. The van der Waals surface area contributed by atoms with Gasteiger partial charge in [-0.3, -0.25) is 9.78 Å². The maximum atomic E-state index is 12.1. The maximum Gasteiger partial charge on any atom is 0.272 e. The lowest BCUT2D eigenvalue weighted by atomic mass is 9.96. The van der Waals surface area contributed by atoms with Crippen molar-refractivity contribution in [3.05, 3.63) is 58.6 Å². The second-order valence-corrected chi connectivity index (χ2v) is 5.53. The lowest BCUT2D eigenvalue weighted by Crippen LogP contribution is -2.11. The number of fused-ring (bicyclic) bond motifs is 3. The molecule has 2 N–H and O–H groups in total. The molecule has 0 spiro atoms. The number of nitrogens with zero attached hydrogens (tertiary/aromatic N) is 1. The summed E-state index contributed by atoms with van der Waals surface area (Å²) in [7, 11) is 0. The zero-order valence-electron chi connectivity index (χ0n) is 11.7. The van der Waals surface area contributed by atoms with E-state index >= 15 is 0 Å². The lowest BCUT2D eigenvalue weighted by molar-refractivity contribution is 0.860. The number of aromatic nitrogens is 2. The molecule has 3 aromatic rings. The minimum atomic E-state index is -0.0315. The normalized spacial score (nSPS) is 16.7. The molecule has 0 aliphatic carbocycles. The van der Waals surface area contributed by atoms with E-state index in [9.17, 15) is 4.79 Å². The van der Waals surface area contributed by atoms with Crippen molar-refractivity contribution in [2.75, 3.05) is 11.9 Å². The first-order chi connectivity index (χ1) is 10.2. The van der Waals surface area contributed by atoms with Crippen LogP contribution >= 0.6 is 0 Å². The van der Waals surface area contributed by atoms with Gasteiger partial charge in [-0.15, -0.1) is 0 Å². The monoisotopic (exact) mass is 277 g/mol. The third kappa shape index (κ3) is 1.83. The molecule has 4 rings (SSSR count). The van der Waals surface area contributed by atoms with Gasteiger partial charge < -0.3 is 10.3 Å². The molecule has 4 nitrogen and oxygen atoms in total. The summed E-state index contributed by atoms with van der Waals surface area (Å²) in [5.41, 5.74) is 4.90. The zero-order valence-corrected chi connectivity index (χ0v) is 11.7. The highest BCUT2D eigenvalue weighted by molar-refractivity contribution is 5.91. The summed E-state index contributed by atoms with van der Waals surface area (Å²) in [4.78, 5) is 19.2. The van der Waals surface area contributed by atoms with Crippen LogP contribution < -0.4 is 10.9 Å². The molecule has 104 valence electrons. The highest BCUT2D eigenvalue weighted by Gasteiger charge is 2.23. The first-order valence-electron chi connectivity index (χ1n) is 7.08. The smallest absolute Gasteiger partial charge is 0.272 e. The minimum Gasteiger partial charge on any atom is -0.380 e. The van der Waals surface area contributed by atoms with E-state index in [4.69, 9.17) is 0 Å². The molecule has 1 aliphatic heterocycles. The topological polar surface area (TPSA) is 57.8 Å². The van der Waals surface area contributed by atoms with Gasteiger partial charge in [0.25, 0.3) is 5.56 Å². The third-order valence-electron chi connectivity index (χ3n) is 4.13. The van der Waals surface area contributed by atoms with Crippen molar-refractivity contribution in [1.82, 2.24) is 9.97 Å². The number of anilines is 1. The maximum absolute atomic E-state index is 12.1. The van der Waals surface area contributed by atoms with Crippen LogP contribution in [0.25, 0.3) is 22.0 Å². The summed E-state index contributed by atoms with van der Waals surface area (Å²) >= 11 is 0. The first-order valence-corrected chi connectivity index (χ1v) is 7.08. The number of hydrogen-bond acceptors (Lipinski definition) is 3. The molecule has 0 amide bonds. The zero-order chi connectivity index (χ0) is 14.4. The molecule has 0 fully saturated rings. The van der Waals surface area contributed by atoms with Gasteiger partial charge in [-0.05, 0) is 29.3 Å². The fourth-order valence-electron chi connectivity index (χ4n) is 3.08. The van der Waals surface area contributed by atoms with Crippen molar-refractivity contribution in [1.29, 1.82) is 0 Å². The Morgan fingerprint density at radius 1 is 1.24 bits per heavy atom. The molecule has 21 heavy (non-hydrogen) atoms. The Bertz CT molecular complexity index is 884. The standard InChI is InChI=1S/C17H15N3O/c1-10-8-19-16-15(10)13-7-11(12-3-2-6-18-9-12)4-5-14(13)20-17(16)21/h2-7,9-10,19H,8H2,1H3,(H,20,21). The fourth-order valence-corrected chi connectivity index (χ4v) is 3.08. The molecule has 4 heteroatoms. The Kier molecular flexibility index (Phi) is 2.57. The Morgan fingerprint density at radius 2 is 2.14 bits per heavy atom. The van der Waals surface area contributed by atoms with Crippen molar-refractivity contribution in [2.24, 2.45) is 0 Å². The van der Waals surface area contributed by atoms with E-state index in [1.165, 1.54) is 0 Å². The second kappa shape index (κ2) is 4.45. The minimum absolute atomic E-state index is 0.0315. The Morgan fingerprint density at radius 3 is 2.95 bits per heavy atom. The molecule has 2 aromatic heterocycles. The first kappa shape index (κ1) is 12.1. The highest BCUT2D eigenvalue weighted by Crippen LogP contribution is 2.35. The molecule has 1 atom stereocenters. The van der Waals surface area contributed by atoms with Gasteiger partial charge in [0.2, 0.25) is 0 Å². The summed E-state index contributed by atoms with van der Waals surface area (Å²) in [5.74, 6) is 0.342. The van der Waals surface area contributed by atoms with Gasteiger partial charge in [-0.1, -0.05) is 19.1 Å². The van der Waals surface area contributed by atoms with Crippen LogP contribution in [0, 0.1) is 0 Å². The van der Waals surface area contributed by atoms with E-state index in [-0.39, 0.29) is 5.56 Å². The number of hydrogen-bond donors (Lipinski definition) is 2. The average molecular weight is 277 g/mol. The summed E-state index contributed by atoms with van der Waals surface area (Å²) in [6.07, 6.45) is 3.63. The van der Waals surface area contributed by atoms with Crippen LogP contribution in [-0.2, 0) is 0 Å². The van der Waals surface area contributed by atoms with Crippen LogP contribution in [0.1, 0.15) is 18.4 Å². The number of H-pyrrole nitrogens is 1. The Hall–Kier alpha value is -2.62. The Labute approximate surface area is 121 Å². The molecule has 0 saturated heterocycles. The van der Waals surface area contributed by atoms with Crippen LogP contribution in [0.4, 0.5) is 5.69 Å². The molecule has 1 aromatic carbocycles. The van der Waals surface area contributed by atoms with Gasteiger partial charge in [0.15, 0.2) is 0 Å². The lowest BCUT2D eigenvalue weighted by Gasteiger charge is -2.10. The van der Waals surface area contributed by atoms with Crippen molar-refractivity contribution in [2.45, 2.75) is 12.8 Å². The second-order valence-electron chi connectivity index (χ2n) is 5.53. The van der Waals surface area contributed by atoms with E-state index < -0.39 is 0 Å². The molecular formula is C17H15N3O. The van der Waals surface area contributed by atoms with Crippen LogP contribution in [0.3, 0.4) is 0 Å². The number of rotatable bonds is 1. The molecule has 1 unspecified atom stereocenters. The number of pyridine rings is 2. The van der Waals surface area contributed by atoms with E-state index in [1.807, 2.05) is 30.5 Å². The van der Waals surface area contributed by atoms with Gasteiger partial charge in [-0.25, -0.2) is 0 Å². The summed E-state index contributed by atoms with van der Waals surface area (Å²) < 4.78 is 0. The molecule has 3 heterocycles. The van der Waals surface area contributed by atoms with Crippen molar-refractivity contribution in [3.8, 4) is 11.1 Å². The third-order valence-corrected chi connectivity index (χ3v) is 4.13. The van der Waals surface area contributed by atoms with Crippen LogP contribution in [-0.4, -0.2) is 16.5 Å². The van der Waals surface area contributed by atoms with Gasteiger partial charge in [0.1, 0.15) is 5.69 Å². The van der Waals surface area contributed by atoms with Crippen molar-refractivity contribution >= 4 is 16.6 Å². The van der Waals surface area contributed by atoms with E-state index in [1.54, 1.807) is 6.20 Å². The average Bonchev–Trinajstić information content (AvgIpc) is 2.91. The summed E-state index contributed by atoms with van der Waals surface area (Å²) in [6.45, 7) is 2.96. The van der Waals surface area contributed by atoms with Crippen LogP contribution in [0.2, 0.25) is 0 Å². The quantitative estimate of drug-likeness (QED) is 0.718. The molecule has 0 bridgehead atoms. The molecule has 0 saturated carbocycles. The largest absolute Gasteiger partial charge is 0.380 e. The van der Waals surface area contributed by atoms with Crippen LogP contribution in [0.15, 0.2) is 47.5 Å². The SMILES string of the molecule is CC1CNc2c1c1cc(-c3cccnc3)ccc1[nH]c2=O. The number of nitrogens with one attached hydrogen (secondary N) is 2. The molecular weight excluding hydrogens is 262 g/mol. The van der Waals surface area contributed by atoms with Crippen LogP contribution in [0.5, 0.6) is 0 Å². The van der Waals surface area contributed by atoms with Crippen molar-refractivity contribution in [3.63, 3.8) is 0 Å². The summed E-state index contributed by atoms with van der Waals surface area (Å²) in [5, 5.41) is 4.33. The Balaban J connectivity index is 2.02. The van der Waals surface area contributed by atoms with Gasteiger partial charge in [0.05, 0.1) is 0 Å². The predicted molar refractivity (Wildman–Crippen MR) is 84.7 cm³/mol. The highest BCUT2D eigenvalue weighted by atomic mass is 16.1. The number of aromatic amines is 1. The van der Waals surface area contributed by atoms with E-state index in [2.05, 4.69) is 28.3 Å². The van der Waals surface area contributed by atoms with Gasteiger partial charge in [0, 0.05) is 41.3 Å². The fraction of sp³-hybridized carbons (Fsp3) is 0.176. The van der Waals surface area contributed by atoms with E-state index in [0.29, 0.717) is 5.92 Å². The van der Waals surface area contributed by atoms with Gasteiger partial charge >= 0.3 is 0 Å². The molecule has 1 aliphatic rings. The van der Waals surface area contributed by atoms with Gasteiger partial charge in [-0.2, -0.15) is 0 Å². The van der Waals surface area contributed by atoms with Crippen molar-refractivity contribution < 1.29 is 0 Å². The molecule has 0 radical (unpaired) electrons. The summed E-state index contributed by atoms with van der Waals surface area (Å²) in [6, 6.07) is 10.1.